The minimum atomic E-state index is -0.222. The first-order valence-electron chi connectivity index (χ1n) is 9.23. The second-order valence-electron chi connectivity index (χ2n) is 6.89. The molecule has 2 aromatic heterocycles. The standard InChI is InChI=1S/C20H21N5O3/c1-13-7-10-21-20-22-18(23-25(13)20)19(27)24-11-8-15(9-12-24)17(26)14-3-5-16(28-2)6-4-14/h3-7,10,15H,8-9,11-12H2,1-2H3. The lowest BCUT2D eigenvalue weighted by molar-refractivity contribution is 0.0640. The van der Waals surface area contributed by atoms with Crippen LogP contribution in [0.15, 0.2) is 36.5 Å². The Kier molecular flexibility index (Phi) is 4.77. The number of nitrogens with zero attached hydrogens (tertiary/aromatic N) is 5. The number of likely N-dealkylation sites (tertiary alicyclic amines) is 1. The van der Waals surface area contributed by atoms with E-state index in [-0.39, 0.29) is 23.4 Å². The van der Waals surface area contributed by atoms with Crippen LogP contribution < -0.4 is 4.74 Å². The Balaban J connectivity index is 1.42. The number of carbonyl (C=O) groups is 2. The molecule has 28 heavy (non-hydrogen) atoms. The van der Waals surface area contributed by atoms with E-state index in [1.165, 1.54) is 0 Å². The normalized spacial score (nSPS) is 15.0. The molecule has 144 valence electrons. The van der Waals surface area contributed by atoms with Crippen molar-refractivity contribution in [3.8, 4) is 5.75 Å². The molecule has 3 heterocycles. The number of piperidine rings is 1. The van der Waals surface area contributed by atoms with Crippen LogP contribution >= 0.6 is 0 Å². The van der Waals surface area contributed by atoms with Crippen LogP contribution in [0.3, 0.4) is 0 Å². The van der Waals surface area contributed by atoms with Gasteiger partial charge >= 0.3 is 0 Å². The third-order valence-electron chi connectivity index (χ3n) is 5.15. The van der Waals surface area contributed by atoms with Gasteiger partial charge in [-0.3, -0.25) is 9.59 Å². The number of carbonyl (C=O) groups excluding carboxylic acids is 2. The maximum atomic E-state index is 12.8. The van der Waals surface area contributed by atoms with Crippen LogP contribution in [0.4, 0.5) is 0 Å². The van der Waals surface area contributed by atoms with Crippen molar-refractivity contribution < 1.29 is 14.3 Å². The molecule has 1 aliphatic heterocycles. The van der Waals surface area contributed by atoms with Gasteiger partial charge in [-0.05, 0) is 50.1 Å². The van der Waals surface area contributed by atoms with Gasteiger partial charge in [0.05, 0.1) is 7.11 Å². The smallest absolute Gasteiger partial charge is 0.293 e. The predicted molar refractivity (Wildman–Crippen MR) is 101 cm³/mol. The molecule has 1 fully saturated rings. The van der Waals surface area contributed by atoms with E-state index in [2.05, 4.69) is 15.1 Å². The first kappa shape index (κ1) is 18.1. The van der Waals surface area contributed by atoms with Gasteiger partial charge in [0.15, 0.2) is 5.78 Å². The van der Waals surface area contributed by atoms with Crippen LogP contribution in [0.25, 0.3) is 5.78 Å². The highest BCUT2D eigenvalue weighted by molar-refractivity contribution is 5.98. The highest BCUT2D eigenvalue weighted by atomic mass is 16.5. The number of rotatable bonds is 4. The fourth-order valence-corrected chi connectivity index (χ4v) is 3.47. The average Bonchev–Trinajstić information content (AvgIpc) is 3.19. The number of Topliss-reactive ketones (excluding diaryl/α,β-unsaturated/α-hetero) is 1. The Morgan fingerprint density at radius 1 is 1.11 bits per heavy atom. The second-order valence-corrected chi connectivity index (χ2v) is 6.89. The number of methoxy groups -OCH3 is 1. The third kappa shape index (κ3) is 3.33. The summed E-state index contributed by atoms with van der Waals surface area (Å²) in [6.07, 6.45) is 2.90. The van der Waals surface area contributed by atoms with E-state index in [0.717, 1.165) is 11.4 Å². The first-order chi connectivity index (χ1) is 13.6. The van der Waals surface area contributed by atoms with Gasteiger partial charge in [-0.1, -0.05) is 0 Å². The van der Waals surface area contributed by atoms with Gasteiger partial charge < -0.3 is 9.64 Å². The molecule has 8 heteroatoms. The van der Waals surface area contributed by atoms with Crippen LogP contribution in [0.1, 0.15) is 39.5 Å². The van der Waals surface area contributed by atoms with Gasteiger partial charge in [-0.25, -0.2) is 9.50 Å². The zero-order valence-electron chi connectivity index (χ0n) is 15.8. The number of ketones is 1. The van der Waals surface area contributed by atoms with Crippen molar-refractivity contribution in [2.75, 3.05) is 20.2 Å². The lowest BCUT2D eigenvalue weighted by atomic mass is 9.89. The van der Waals surface area contributed by atoms with Gasteiger partial charge in [0.2, 0.25) is 5.82 Å². The van der Waals surface area contributed by atoms with Crippen LogP contribution in [-0.4, -0.2) is 56.4 Å². The summed E-state index contributed by atoms with van der Waals surface area (Å²) in [4.78, 5) is 35.6. The summed E-state index contributed by atoms with van der Waals surface area (Å²) in [5, 5.41) is 4.28. The van der Waals surface area contributed by atoms with Crippen molar-refractivity contribution in [1.29, 1.82) is 0 Å². The fraction of sp³-hybridized carbons (Fsp3) is 0.350. The molecular weight excluding hydrogens is 358 g/mol. The molecule has 0 aliphatic carbocycles. The van der Waals surface area contributed by atoms with Crippen LogP contribution in [0.2, 0.25) is 0 Å². The quantitative estimate of drug-likeness (QED) is 0.646. The highest BCUT2D eigenvalue weighted by Crippen LogP contribution is 2.24. The molecule has 0 unspecified atom stereocenters. The Bertz CT molecular complexity index is 1020. The fourth-order valence-electron chi connectivity index (χ4n) is 3.47. The van der Waals surface area contributed by atoms with E-state index < -0.39 is 0 Å². The molecule has 1 amide bonds. The van der Waals surface area contributed by atoms with Crippen molar-refractivity contribution >= 4 is 17.5 Å². The van der Waals surface area contributed by atoms with Gasteiger partial charge in [0.25, 0.3) is 11.7 Å². The Morgan fingerprint density at radius 3 is 2.46 bits per heavy atom. The van der Waals surface area contributed by atoms with Crippen molar-refractivity contribution in [3.05, 3.63) is 53.6 Å². The zero-order valence-corrected chi connectivity index (χ0v) is 15.8. The maximum Gasteiger partial charge on any atom is 0.293 e. The highest BCUT2D eigenvalue weighted by Gasteiger charge is 2.30. The molecule has 0 radical (unpaired) electrons. The van der Waals surface area contributed by atoms with Gasteiger partial charge in [-0.15, -0.1) is 5.10 Å². The number of aromatic nitrogens is 4. The molecule has 1 saturated heterocycles. The van der Waals surface area contributed by atoms with Crippen LogP contribution in [-0.2, 0) is 0 Å². The minimum absolute atomic E-state index is 0.0876. The summed E-state index contributed by atoms with van der Waals surface area (Å²) in [5.41, 5.74) is 1.54. The van der Waals surface area contributed by atoms with E-state index >= 15 is 0 Å². The minimum Gasteiger partial charge on any atom is -0.497 e. The number of amides is 1. The Hall–Kier alpha value is -3.29. The van der Waals surface area contributed by atoms with Gasteiger partial charge in [0.1, 0.15) is 5.75 Å². The molecule has 3 aromatic rings. The zero-order chi connectivity index (χ0) is 19.7. The van der Waals surface area contributed by atoms with Gasteiger partial charge in [-0.2, -0.15) is 4.98 Å². The molecule has 4 rings (SSSR count). The number of benzene rings is 1. The lowest BCUT2D eigenvalue weighted by Gasteiger charge is -2.30. The topological polar surface area (TPSA) is 89.7 Å². The number of hydrogen-bond donors (Lipinski definition) is 0. The number of aryl methyl sites for hydroxylation is 1. The van der Waals surface area contributed by atoms with Crippen molar-refractivity contribution in [3.63, 3.8) is 0 Å². The summed E-state index contributed by atoms with van der Waals surface area (Å²) < 4.78 is 6.70. The third-order valence-corrected chi connectivity index (χ3v) is 5.15. The van der Waals surface area contributed by atoms with Crippen molar-refractivity contribution in [1.82, 2.24) is 24.5 Å². The van der Waals surface area contributed by atoms with Crippen molar-refractivity contribution in [2.24, 2.45) is 5.92 Å². The SMILES string of the molecule is COc1ccc(C(=O)C2CCN(C(=O)c3nc4nccc(C)n4n3)CC2)cc1. The van der Waals surface area contributed by atoms with Crippen LogP contribution in [0.5, 0.6) is 5.75 Å². The summed E-state index contributed by atoms with van der Waals surface area (Å²) in [7, 11) is 1.60. The Morgan fingerprint density at radius 2 is 1.82 bits per heavy atom. The molecule has 0 atom stereocenters. The van der Waals surface area contributed by atoms with E-state index in [4.69, 9.17) is 4.74 Å². The van der Waals surface area contributed by atoms with E-state index in [1.54, 1.807) is 47.0 Å². The number of ether oxygens (including phenoxy) is 1. The summed E-state index contributed by atoms with van der Waals surface area (Å²) in [6.45, 7) is 2.90. The second kappa shape index (κ2) is 7.38. The molecule has 0 N–H and O–H groups in total. The summed E-state index contributed by atoms with van der Waals surface area (Å²) >= 11 is 0. The van der Waals surface area contributed by atoms with Crippen molar-refractivity contribution in [2.45, 2.75) is 19.8 Å². The molecule has 0 bridgehead atoms. The number of fused-ring (bicyclic) bond motifs is 1. The number of hydrogen-bond acceptors (Lipinski definition) is 6. The lowest BCUT2D eigenvalue weighted by Crippen LogP contribution is -2.40. The summed E-state index contributed by atoms with van der Waals surface area (Å²) in [6, 6.07) is 8.96. The largest absolute Gasteiger partial charge is 0.497 e. The maximum absolute atomic E-state index is 12.8. The molecule has 8 nitrogen and oxygen atoms in total. The van der Waals surface area contributed by atoms with Crippen LogP contribution in [0, 0.1) is 12.8 Å². The van der Waals surface area contributed by atoms with E-state index in [9.17, 15) is 9.59 Å². The first-order valence-corrected chi connectivity index (χ1v) is 9.23. The van der Waals surface area contributed by atoms with E-state index in [1.807, 2.05) is 13.0 Å². The molecular formula is C20H21N5O3. The predicted octanol–water partition coefficient (Wildman–Crippen LogP) is 2.18. The molecule has 1 aliphatic rings. The van der Waals surface area contributed by atoms with Gasteiger partial charge in [0, 0.05) is 36.5 Å². The van der Waals surface area contributed by atoms with E-state index in [0.29, 0.717) is 37.3 Å². The average molecular weight is 379 g/mol. The monoisotopic (exact) mass is 379 g/mol. The molecule has 1 aromatic carbocycles. The molecule has 0 saturated carbocycles. The molecule has 0 spiro atoms. The Labute approximate surface area is 162 Å². The summed E-state index contributed by atoms with van der Waals surface area (Å²) in [5.74, 6) is 1.08.